The number of aromatic amines is 1. The van der Waals surface area contributed by atoms with E-state index < -0.39 is 33.4 Å². The van der Waals surface area contributed by atoms with E-state index in [4.69, 9.17) is 0 Å². The standard InChI is InChI=1S/C5H8N2.C4HF9O3S/c1-5-6-3-4-7(5)2;5-1(6,3(9,10)11)2(7,8)4(12,13)17(14,15)16/h3-4H,1-2H3;(H,14,15,16). The van der Waals surface area contributed by atoms with Crippen LogP contribution in [0.1, 0.15) is 5.82 Å². The van der Waals surface area contributed by atoms with Gasteiger partial charge >= 0.3 is 23.3 Å². The van der Waals surface area contributed by atoms with Crippen molar-refractivity contribution in [2.24, 2.45) is 7.05 Å². The smallest absolute Gasteiger partial charge is 0.460 e. The Kier molecular flexibility index (Phi) is 6.02. The number of halogens is 9. The second kappa shape index (κ2) is 6.42. The molecule has 1 aromatic heterocycles. The van der Waals surface area contributed by atoms with Gasteiger partial charge in [-0.15, -0.1) is 0 Å². The predicted molar refractivity (Wildman–Crippen MR) is 57.3 cm³/mol. The summed E-state index contributed by atoms with van der Waals surface area (Å²) < 4.78 is 137. The number of rotatable bonds is 3. The van der Waals surface area contributed by atoms with Crippen molar-refractivity contribution >= 4 is 10.1 Å². The van der Waals surface area contributed by atoms with Crippen molar-refractivity contribution in [2.75, 3.05) is 0 Å². The Hall–Kier alpha value is -1.51. The Morgan fingerprint density at radius 2 is 1.42 bits per heavy atom. The molecular weight excluding hydrogens is 387 g/mol. The highest BCUT2D eigenvalue weighted by molar-refractivity contribution is 7.86. The molecule has 1 heterocycles. The molecule has 0 atom stereocenters. The number of hydrogen-bond donors (Lipinski definition) is 1. The van der Waals surface area contributed by atoms with Gasteiger partial charge in [-0.1, -0.05) is 0 Å². The largest absolute Gasteiger partial charge is 0.743 e. The van der Waals surface area contributed by atoms with Crippen LogP contribution < -0.4 is 4.57 Å². The molecule has 0 aliphatic rings. The molecular formula is C9H9F9N2O3S. The van der Waals surface area contributed by atoms with Gasteiger partial charge in [0.1, 0.15) is 12.4 Å². The van der Waals surface area contributed by atoms with Gasteiger partial charge in [0, 0.05) is 6.92 Å². The number of alkyl halides is 9. The second-order valence-electron chi connectivity index (χ2n) is 4.27. The van der Waals surface area contributed by atoms with Crippen LogP contribution in [0, 0.1) is 6.92 Å². The van der Waals surface area contributed by atoms with Gasteiger partial charge in [0.2, 0.25) is 0 Å². The molecule has 1 N–H and O–H groups in total. The van der Waals surface area contributed by atoms with Gasteiger partial charge in [-0.3, -0.25) is 0 Å². The lowest BCUT2D eigenvalue weighted by Gasteiger charge is -2.34. The summed E-state index contributed by atoms with van der Waals surface area (Å²) in [6, 6.07) is 0. The van der Waals surface area contributed by atoms with E-state index in [1.807, 2.05) is 30.9 Å². The Labute approximate surface area is 128 Å². The van der Waals surface area contributed by atoms with E-state index in [1.54, 1.807) is 0 Å². The van der Waals surface area contributed by atoms with E-state index in [0.29, 0.717) is 0 Å². The highest BCUT2D eigenvalue weighted by Crippen LogP contribution is 2.54. The average molecular weight is 396 g/mol. The van der Waals surface area contributed by atoms with Gasteiger partial charge in [-0.25, -0.2) is 18.0 Å². The maximum absolute atomic E-state index is 12.2. The first-order valence-corrected chi connectivity index (χ1v) is 6.86. The van der Waals surface area contributed by atoms with Crippen LogP contribution in [0.2, 0.25) is 0 Å². The highest BCUT2D eigenvalue weighted by Gasteiger charge is 2.83. The molecule has 142 valence electrons. The fourth-order valence-corrected chi connectivity index (χ4v) is 1.44. The normalized spacial score (nSPS) is 14.2. The molecule has 0 saturated heterocycles. The molecule has 0 fully saturated rings. The minimum Gasteiger partial charge on any atom is -0.743 e. The fourth-order valence-electron chi connectivity index (χ4n) is 1.00. The van der Waals surface area contributed by atoms with Crippen LogP contribution in [0.15, 0.2) is 12.4 Å². The molecule has 0 amide bonds. The maximum Gasteiger partial charge on any atom is 0.460 e. The summed E-state index contributed by atoms with van der Waals surface area (Å²) >= 11 is 0. The summed E-state index contributed by atoms with van der Waals surface area (Å²) in [4.78, 5) is 3.03. The predicted octanol–water partition coefficient (Wildman–Crippen LogP) is 2.10. The van der Waals surface area contributed by atoms with Crippen LogP contribution in [-0.4, -0.2) is 41.2 Å². The van der Waals surface area contributed by atoms with E-state index >= 15 is 0 Å². The molecule has 15 heteroatoms. The molecule has 0 saturated carbocycles. The zero-order chi connectivity index (χ0) is 19.8. The molecule has 0 unspecified atom stereocenters. The summed E-state index contributed by atoms with van der Waals surface area (Å²) in [5, 5.41) is -7.11. The SMILES string of the molecule is Cc1[nH]cc[n+]1C.O=S(=O)([O-])C(F)(F)C(F)(F)C(F)(F)C(F)(F)F. The van der Waals surface area contributed by atoms with E-state index in [9.17, 15) is 52.5 Å². The third kappa shape index (κ3) is 3.93. The van der Waals surface area contributed by atoms with E-state index in [1.165, 1.54) is 5.82 Å². The van der Waals surface area contributed by atoms with Crippen molar-refractivity contribution in [2.45, 2.75) is 30.2 Å². The minimum absolute atomic E-state index is 1.18. The van der Waals surface area contributed by atoms with Gasteiger partial charge < -0.3 is 4.55 Å². The van der Waals surface area contributed by atoms with Gasteiger partial charge in [0.15, 0.2) is 10.1 Å². The minimum atomic E-state index is -7.43. The maximum atomic E-state index is 12.2. The van der Waals surface area contributed by atoms with Crippen LogP contribution in [0.5, 0.6) is 0 Å². The molecule has 5 nitrogen and oxygen atoms in total. The first-order chi connectivity index (χ1) is 10.3. The topological polar surface area (TPSA) is 76.9 Å². The number of aromatic nitrogens is 2. The number of hydrogen-bond acceptors (Lipinski definition) is 3. The molecule has 0 aliphatic carbocycles. The van der Waals surface area contributed by atoms with Crippen LogP contribution in [0.4, 0.5) is 39.5 Å². The van der Waals surface area contributed by atoms with Crippen LogP contribution in [0.25, 0.3) is 0 Å². The third-order valence-electron chi connectivity index (χ3n) is 2.55. The van der Waals surface area contributed by atoms with E-state index in [-0.39, 0.29) is 0 Å². The lowest BCUT2D eigenvalue weighted by molar-refractivity contribution is -0.676. The Morgan fingerprint density at radius 3 is 1.58 bits per heavy atom. The zero-order valence-corrected chi connectivity index (χ0v) is 12.5. The van der Waals surface area contributed by atoms with Crippen molar-refractivity contribution in [3.05, 3.63) is 18.2 Å². The molecule has 1 rings (SSSR count). The summed E-state index contributed by atoms with van der Waals surface area (Å²) in [5.74, 6) is -13.6. The molecule has 0 aromatic carbocycles. The van der Waals surface area contributed by atoms with Crippen LogP contribution >= 0.6 is 0 Å². The van der Waals surface area contributed by atoms with Crippen molar-refractivity contribution in [1.82, 2.24) is 4.98 Å². The summed E-state index contributed by atoms with van der Waals surface area (Å²) in [7, 11) is -5.41. The number of aryl methyl sites for hydroxylation is 2. The van der Waals surface area contributed by atoms with Gasteiger partial charge in [-0.2, -0.15) is 39.5 Å². The molecule has 1 aromatic rings. The number of H-pyrrole nitrogens is 1. The highest BCUT2D eigenvalue weighted by atomic mass is 32.2. The molecule has 0 spiro atoms. The number of nitrogens with one attached hydrogen (secondary N) is 1. The molecule has 0 aliphatic heterocycles. The van der Waals surface area contributed by atoms with Gasteiger partial charge in [0.25, 0.3) is 5.82 Å². The summed E-state index contributed by atoms with van der Waals surface area (Å²) in [6.45, 7) is 2.03. The molecule has 0 bridgehead atoms. The monoisotopic (exact) mass is 396 g/mol. The Morgan fingerprint density at radius 1 is 1.00 bits per heavy atom. The van der Waals surface area contributed by atoms with Crippen LogP contribution in [0.3, 0.4) is 0 Å². The van der Waals surface area contributed by atoms with Crippen molar-refractivity contribution in [3.63, 3.8) is 0 Å². The summed E-state index contributed by atoms with van der Waals surface area (Å²) in [5.41, 5.74) is 0. The quantitative estimate of drug-likeness (QED) is 0.483. The number of nitrogens with zero attached hydrogens (tertiary/aromatic N) is 1. The fraction of sp³-hybridized carbons (Fsp3) is 0.667. The first kappa shape index (κ1) is 22.5. The number of imidazole rings is 1. The van der Waals surface area contributed by atoms with Crippen molar-refractivity contribution < 1.29 is 57.1 Å². The molecule has 24 heavy (non-hydrogen) atoms. The summed E-state index contributed by atoms with van der Waals surface area (Å²) in [6.07, 6.45) is -3.27. The van der Waals surface area contributed by atoms with Crippen molar-refractivity contribution in [3.8, 4) is 0 Å². The lowest BCUT2D eigenvalue weighted by Crippen LogP contribution is -2.63. The Bertz CT molecular complexity index is 650. The van der Waals surface area contributed by atoms with Gasteiger partial charge in [0.05, 0.1) is 7.05 Å². The average Bonchev–Trinajstić information content (AvgIpc) is 2.71. The zero-order valence-electron chi connectivity index (χ0n) is 11.6. The van der Waals surface area contributed by atoms with E-state index in [2.05, 4.69) is 4.98 Å². The third-order valence-corrected chi connectivity index (χ3v) is 3.43. The lowest BCUT2D eigenvalue weighted by atomic mass is 10.1. The van der Waals surface area contributed by atoms with E-state index in [0.717, 1.165) is 0 Å². The van der Waals surface area contributed by atoms with Gasteiger partial charge in [-0.05, 0) is 0 Å². The van der Waals surface area contributed by atoms with Crippen LogP contribution in [-0.2, 0) is 17.2 Å². The van der Waals surface area contributed by atoms with Crippen molar-refractivity contribution in [1.29, 1.82) is 0 Å². The Balaban J connectivity index is 0.000000620. The second-order valence-corrected chi connectivity index (χ2v) is 5.69. The first-order valence-electron chi connectivity index (χ1n) is 5.46. The molecule has 0 radical (unpaired) electrons.